The number of esters is 1. The van der Waals surface area contributed by atoms with Crippen LogP contribution in [0.25, 0.3) is 11.1 Å². The summed E-state index contributed by atoms with van der Waals surface area (Å²) in [6, 6.07) is 28.3. The van der Waals surface area contributed by atoms with Gasteiger partial charge in [-0.05, 0) is 77.9 Å². The lowest BCUT2D eigenvalue weighted by Gasteiger charge is -2.36. The number of benzene rings is 5. The van der Waals surface area contributed by atoms with Gasteiger partial charge in [0.2, 0.25) is 0 Å². The normalized spacial score (nSPS) is 14.7. The number of ether oxygens (including phenoxy) is 3. The van der Waals surface area contributed by atoms with Gasteiger partial charge in [0.05, 0.1) is 5.56 Å². The summed E-state index contributed by atoms with van der Waals surface area (Å²) in [5.74, 6) is -2.09. The molecule has 54 heavy (non-hydrogen) atoms. The van der Waals surface area contributed by atoms with Gasteiger partial charge >= 0.3 is 18.0 Å². The van der Waals surface area contributed by atoms with Crippen molar-refractivity contribution in [1.29, 1.82) is 0 Å². The molecule has 0 saturated carbocycles. The molecule has 5 aromatic rings. The average Bonchev–Trinajstić information content (AvgIpc) is 3.64. The number of nitrogens with one attached hydrogen (secondary N) is 2. The van der Waals surface area contributed by atoms with Crippen LogP contribution in [0.15, 0.2) is 103 Å². The summed E-state index contributed by atoms with van der Waals surface area (Å²) in [6.07, 6.45) is 0.0974. The van der Waals surface area contributed by atoms with E-state index < -0.39 is 35.6 Å². The number of aliphatic carboxylic acids is 1. The predicted octanol–water partition coefficient (Wildman–Crippen LogP) is 6.56. The molecule has 3 aliphatic rings. The van der Waals surface area contributed by atoms with Crippen molar-refractivity contribution >= 4 is 23.9 Å². The summed E-state index contributed by atoms with van der Waals surface area (Å²) >= 11 is 0. The lowest BCUT2D eigenvalue weighted by molar-refractivity contribution is -0.139. The number of carboxylic acids is 1. The fraction of sp³-hybridized carbons (Fsp3) is 0.190. The van der Waals surface area contributed by atoms with Gasteiger partial charge in [0.25, 0.3) is 5.91 Å². The maximum absolute atomic E-state index is 13.4. The van der Waals surface area contributed by atoms with E-state index >= 15 is 0 Å². The highest BCUT2D eigenvalue weighted by Gasteiger charge is 2.53. The lowest BCUT2D eigenvalue weighted by atomic mass is 9.77. The van der Waals surface area contributed by atoms with Crippen molar-refractivity contribution < 1.29 is 48.7 Å². The quantitative estimate of drug-likeness (QED) is 0.0782. The van der Waals surface area contributed by atoms with Crippen LogP contribution in [0.1, 0.15) is 73.7 Å². The molecule has 2 amide bonds. The maximum atomic E-state index is 13.4. The van der Waals surface area contributed by atoms with Crippen LogP contribution in [-0.2, 0) is 19.9 Å². The molecule has 1 aliphatic carbocycles. The number of alkyl carbamates (subject to hydrolysis) is 1. The Balaban J connectivity index is 0.873. The zero-order valence-corrected chi connectivity index (χ0v) is 28.7. The van der Waals surface area contributed by atoms with Gasteiger partial charge < -0.3 is 40.2 Å². The Morgan fingerprint density at radius 3 is 2.00 bits per heavy atom. The van der Waals surface area contributed by atoms with Crippen molar-refractivity contribution in [3.05, 3.63) is 142 Å². The summed E-state index contributed by atoms with van der Waals surface area (Å²) in [5, 5.41) is 35.3. The van der Waals surface area contributed by atoms with E-state index in [0.717, 1.165) is 22.3 Å². The number of aromatic hydroxyl groups is 2. The summed E-state index contributed by atoms with van der Waals surface area (Å²) in [5.41, 5.74) is 4.61. The van der Waals surface area contributed by atoms with Gasteiger partial charge in [-0.15, -0.1) is 0 Å². The first-order valence-corrected chi connectivity index (χ1v) is 17.5. The molecule has 5 aromatic carbocycles. The van der Waals surface area contributed by atoms with Gasteiger partial charge in [-0.1, -0.05) is 54.6 Å². The summed E-state index contributed by atoms with van der Waals surface area (Å²) in [4.78, 5) is 51.2. The highest BCUT2D eigenvalue weighted by atomic mass is 16.6. The molecular weight excluding hydrogens is 692 g/mol. The highest BCUT2D eigenvalue weighted by molar-refractivity contribution is 6.01. The molecule has 0 aromatic heterocycles. The molecular formula is C42H34N2O10. The number of fused-ring (bicyclic) bond motifs is 9. The zero-order chi connectivity index (χ0) is 37.6. The van der Waals surface area contributed by atoms with E-state index in [4.69, 9.17) is 14.2 Å². The SMILES string of the molecule is O=C(N[C@@H](CCCCNC(=O)c1ccc2c(c1)C(=O)OC21c2ccc(O)cc2Oc2cc(O)ccc21)C(=O)O)OCC1c2ccccc2-c2ccccc21. The van der Waals surface area contributed by atoms with E-state index in [1.54, 1.807) is 24.3 Å². The van der Waals surface area contributed by atoms with Crippen molar-refractivity contribution in [3.8, 4) is 34.1 Å². The van der Waals surface area contributed by atoms with E-state index in [9.17, 15) is 34.5 Å². The minimum Gasteiger partial charge on any atom is -0.508 e. The van der Waals surface area contributed by atoms with Gasteiger partial charge in [-0.2, -0.15) is 0 Å². The number of hydrogen-bond donors (Lipinski definition) is 5. The van der Waals surface area contributed by atoms with Gasteiger partial charge in [0.15, 0.2) is 5.60 Å². The van der Waals surface area contributed by atoms with Crippen molar-refractivity contribution in [1.82, 2.24) is 10.6 Å². The van der Waals surface area contributed by atoms with Gasteiger partial charge in [-0.25, -0.2) is 14.4 Å². The molecule has 0 bridgehead atoms. The third-order valence-corrected chi connectivity index (χ3v) is 10.2. The van der Waals surface area contributed by atoms with E-state index in [-0.39, 0.29) is 59.6 Å². The Hall–Kier alpha value is -6.82. The molecule has 12 heteroatoms. The van der Waals surface area contributed by atoms with Crippen LogP contribution in [-0.4, -0.2) is 58.5 Å². The van der Waals surface area contributed by atoms with E-state index in [1.807, 2.05) is 48.5 Å². The summed E-state index contributed by atoms with van der Waals surface area (Å²) < 4.78 is 17.6. The summed E-state index contributed by atoms with van der Waals surface area (Å²) in [6.45, 7) is 0.274. The van der Waals surface area contributed by atoms with Crippen LogP contribution in [0.3, 0.4) is 0 Å². The third kappa shape index (κ3) is 5.91. The molecule has 2 heterocycles. The number of amides is 2. The molecule has 8 rings (SSSR count). The number of phenolic OH excluding ortho intramolecular Hbond substituents is 2. The Morgan fingerprint density at radius 1 is 0.759 bits per heavy atom. The van der Waals surface area contributed by atoms with Crippen LogP contribution in [0, 0.1) is 0 Å². The first-order chi connectivity index (χ1) is 26.1. The first kappa shape index (κ1) is 34.3. The third-order valence-electron chi connectivity index (χ3n) is 10.2. The standard InChI is InChI=1S/C42H34N2O10/c45-24-13-16-33-36(20-24)53-37-21-25(46)14-17-34(37)42(33)32-15-12-23(19-30(32)40(50)54-42)38(47)43-18-6-5-11-35(39(48)49)44-41(51)52-22-31-28-9-3-1-7-26(28)27-8-2-4-10-29(27)31/h1-4,7-10,12-17,19-21,31,35,45-46H,5-6,11,18,22H2,(H,43,47)(H,44,51)(H,48,49)/t35-/m0/s1. The van der Waals surface area contributed by atoms with E-state index in [0.29, 0.717) is 29.5 Å². The number of carbonyl (C=O) groups excluding carboxylic acids is 3. The largest absolute Gasteiger partial charge is 0.508 e. The molecule has 2 aliphatic heterocycles. The second kappa shape index (κ2) is 13.6. The minimum absolute atomic E-state index is 0.0593. The van der Waals surface area contributed by atoms with Gasteiger partial charge in [0, 0.05) is 46.8 Å². The second-order valence-electron chi connectivity index (χ2n) is 13.4. The smallest absolute Gasteiger partial charge is 0.407 e. The molecule has 5 N–H and O–H groups in total. The Morgan fingerprint density at radius 2 is 1.37 bits per heavy atom. The van der Waals surface area contributed by atoms with Gasteiger partial charge in [0.1, 0.15) is 35.6 Å². The molecule has 0 radical (unpaired) electrons. The van der Waals surface area contributed by atoms with Crippen LogP contribution < -0.4 is 15.4 Å². The number of phenols is 2. The Labute approximate surface area is 308 Å². The molecule has 12 nitrogen and oxygen atoms in total. The maximum Gasteiger partial charge on any atom is 0.407 e. The number of carbonyl (C=O) groups is 4. The second-order valence-corrected chi connectivity index (χ2v) is 13.4. The van der Waals surface area contributed by atoms with Crippen molar-refractivity contribution in [2.75, 3.05) is 13.2 Å². The van der Waals surface area contributed by atoms with E-state index in [2.05, 4.69) is 10.6 Å². The van der Waals surface area contributed by atoms with Crippen molar-refractivity contribution in [2.45, 2.75) is 36.8 Å². The van der Waals surface area contributed by atoms with Crippen molar-refractivity contribution in [2.24, 2.45) is 0 Å². The molecule has 0 unspecified atom stereocenters. The van der Waals surface area contributed by atoms with Gasteiger partial charge in [-0.3, -0.25) is 4.79 Å². The zero-order valence-electron chi connectivity index (χ0n) is 28.7. The molecule has 0 saturated heterocycles. The Bertz CT molecular complexity index is 2260. The van der Waals surface area contributed by atoms with Crippen LogP contribution in [0.4, 0.5) is 4.79 Å². The van der Waals surface area contributed by atoms with Crippen molar-refractivity contribution in [3.63, 3.8) is 0 Å². The number of hydrogen-bond acceptors (Lipinski definition) is 9. The number of carboxylic acid groups (broad SMARTS) is 1. The predicted molar refractivity (Wildman–Crippen MR) is 194 cm³/mol. The highest BCUT2D eigenvalue weighted by Crippen LogP contribution is 2.57. The monoisotopic (exact) mass is 726 g/mol. The van der Waals surface area contributed by atoms with E-state index in [1.165, 1.54) is 30.3 Å². The molecule has 0 fully saturated rings. The summed E-state index contributed by atoms with van der Waals surface area (Å²) in [7, 11) is 0. The molecule has 272 valence electrons. The minimum atomic E-state index is -1.44. The van der Waals surface area contributed by atoms with Crippen LogP contribution in [0.5, 0.6) is 23.0 Å². The first-order valence-electron chi connectivity index (χ1n) is 17.5. The topological polar surface area (TPSA) is 181 Å². The molecule has 1 spiro atoms. The Kier molecular flexibility index (Phi) is 8.65. The molecule has 1 atom stereocenters. The average molecular weight is 727 g/mol. The van der Waals surface area contributed by atoms with Crippen LogP contribution >= 0.6 is 0 Å². The lowest BCUT2D eigenvalue weighted by Crippen LogP contribution is -2.41. The number of rotatable bonds is 10. The fourth-order valence-corrected chi connectivity index (χ4v) is 7.66. The fourth-order valence-electron chi connectivity index (χ4n) is 7.66. The number of unbranched alkanes of at least 4 members (excludes halogenated alkanes) is 1. The van der Waals surface area contributed by atoms with Crippen LogP contribution in [0.2, 0.25) is 0 Å².